The van der Waals surface area contributed by atoms with Crippen LogP contribution in [0.2, 0.25) is 10.0 Å². The third kappa shape index (κ3) is 4.69. The number of anilines is 1. The highest BCUT2D eigenvalue weighted by Gasteiger charge is 2.14. The molecule has 1 amide bonds. The van der Waals surface area contributed by atoms with E-state index in [0.29, 0.717) is 5.69 Å². The molecule has 7 heteroatoms. The molecule has 0 aliphatic rings. The topological polar surface area (TPSA) is 55.4 Å². The maximum Gasteiger partial charge on any atom is 0.339 e. The highest BCUT2D eigenvalue weighted by atomic mass is 35.5. The first kappa shape index (κ1) is 18.2. The number of ether oxygens (including phenoxy) is 1. The minimum Gasteiger partial charge on any atom is -0.462 e. The maximum atomic E-state index is 13.7. The summed E-state index contributed by atoms with van der Waals surface area (Å²) in [6.45, 7) is 1.89. The van der Waals surface area contributed by atoms with Crippen LogP contribution < -0.4 is 5.32 Å². The fraction of sp³-hybridized carbons (Fsp3) is 0.176. The summed E-state index contributed by atoms with van der Waals surface area (Å²) >= 11 is 11.6. The summed E-state index contributed by atoms with van der Waals surface area (Å²) in [5.41, 5.74) is 0.729. The summed E-state index contributed by atoms with van der Waals surface area (Å²) in [5, 5.41) is 3.07. The third-order valence-electron chi connectivity index (χ3n) is 3.11. The van der Waals surface area contributed by atoms with Gasteiger partial charge in [0.15, 0.2) is 0 Å². The summed E-state index contributed by atoms with van der Waals surface area (Å²) in [5.74, 6) is -1.57. The Morgan fingerprint density at radius 3 is 2.58 bits per heavy atom. The lowest BCUT2D eigenvalue weighted by molar-refractivity contribution is -0.115. The van der Waals surface area contributed by atoms with Gasteiger partial charge in [-0.3, -0.25) is 4.79 Å². The molecule has 2 rings (SSSR count). The Bertz CT molecular complexity index is 780. The lowest BCUT2D eigenvalue weighted by atomic mass is 10.1. The third-order valence-corrected chi connectivity index (χ3v) is 3.68. The first-order chi connectivity index (χ1) is 11.4. The van der Waals surface area contributed by atoms with Gasteiger partial charge in [-0.15, -0.1) is 0 Å². The molecule has 0 atom stereocenters. The molecule has 4 nitrogen and oxygen atoms in total. The van der Waals surface area contributed by atoms with Crippen LogP contribution in [0.15, 0.2) is 36.4 Å². The monoisotopic (exact) mass is 369 g/mol. The quantitative estimate of drug-likeness (QED) is 0.789. The summed E-state index contributed by atoms with van der Waals surface area (Å²) in [6.07, 6.45) is -0.166. The van der Waals surface area contributed by atoms with Gasteiger partial charge in [-0.05, 0) is 42.8 Å². The number of benzene rings is 2. The summed E-state index contributed by atoms with van der Waals surface area (Å²) < 4.78 is 18.6. The van der Waals surface area contributed by atoms with Gasteiger partial charge in [0.1, 0.15) is 5.82 Å². The zero-order valence-electron chi connectivity index (χ0n) is 12.7. The molecule has 0 aliphatic carbocycles. The van der Waals surface area contributed by atoms with Crippen molar-refractivity contribution in [3.8, 4) is 0 Å². The van der Waals surface area contributed by atoms with E-state index < -0.39 is 17.7 Å². The lowest BCUT2D eigenvalue weighted by Crippen LogP contribution is -2.16. The van der Waals surface area contributed by atoms with E-state index in [1.807, 2.05) is 0 Å². The van der Waals surface area contributed by atoms with Gasteiger partial charge >= 0.3 is 5.97 Å². The molecule has 0 unspecified atom stereocenters. The zero-order chi connectivity index (χ0) is 17.7. The highest BCUT2D eigenvalue weighted by molar-refractivity contribution is 6.33. The van der Waals surface area contributed by atoms with E-state index in [-0.39, 0.29) is 34.2 Å². The molecule has 1 N–H and O–H groups in total. The number of hydrogen-bond acceptors (Lipinski definition) is 3. The van der Waals surface area contributed by atoms with E-state index in [0.717, 1.165) is 6.07 Å². The predicted molar refractivity (Wildman–Crippen MR) is 91.2 cm³/mol. The number of esters is 1. The molecule has 0 heterocycles. The second-order valence-electron chi connectivity index (χ2n) is 4.88. The Balaban J connectivity index is 2.11. The molecular formula is C17H14Cl2FNO3. The van der Waals surface area contributed by atoms with Crippen LogP contribution in [0.4, 0.5) is 10.1 Å². The van der Waals surface area contributed by atoms with Gasteiger partial charge in [-0.1, -0.05) is 29.3 Å². The van der Waals surface area contributed by atoms with Crippen molar-refractivity contribution < 1.29 is 18.7 Å². The van der Waals surface area contributed by atoms with Gasteiger partial charge < -0.3 is 10.1 Å². The largest absolute Gasteiger partial charge is 0.462 e. The smallest absolute Gasteiger partial charge is 0.339 e. The number of carbonyl (C=O) groups is 2. The second-order valence-corrected chi connectivity index (χ2v) is 5.72. The lowest BCUT2D eigenvalue weighted by Gasteiger charge is -2.09. The number of halogens is 3. The number of rotatable bonds is 5. The van der Waals surface area contributed by atoms with Gasteiger partial charge in [0.05, 0.1) is 23.6 Å². The van der Waals surface area contributed by atoms with Crippen molar-refractivity contribution in [1.29, 1.82) is 0 Å². The Hall–Kier alpha value is -2.11. The van der Waals surface area contributed by atoms with Gasteiger partial charge in [0.2, 0.25) is 5.91 Å². The van der Waals surface area contributed by atoms with Crippen LogP contribution >= 0.6 is 23.2 Å². The van der Waals surface area contributed by atoms with Gasteiger partial charge in [0, 0.05) is 10.7 Å². The molecule has 0 bridgehead atoms. The standard InChI is InChI=1S/C17H14Cl2FNO3/c1-2-24-17(23)13-9-12(5-6-14(13)19)21-16(22)7-10-3-4-11(18)8-15(10)20/h3-6,8-9H,2,7H2,1H3,(H,21,22). The average Bonchev–Trinajstić information content (AvgIpc) is 2.52. The maximum absolute atomic E-state index is 13.7. The van der Waals surface area contributed by atoms with Gasteiger partial charge in [-0.2, -0.15) is 0 Å². The molecular weight excluding hydrogens is 356 g/mol. The average molecular weight is 370 g/mol. The van der Waals surface area contributed by atoms with Gasteiger partial charge in [-0.25, -0.2) is 9.18 Å². The molecule has 0 aromatic heterocycles. The predicted octanol–water partition coefficient (Wildman–Crippen LogP) is 4.49. The Labute approximate surface area is 148 Å². The van der Waals surface area contributed by atoms with E-state index in [2.05, 4.69) is 5.32 Å². The molecule has 0 spiro atoms. The van der Waals surface area contributed by atoms with Crippen LogP contribution in [-0.4, -0.2) is 18.5 Å². The van der Waals surface area contributed by atoms with E-state index in [4.69, 9.17) is 27.9 Å². The first-order valence-electron chi connectivity index (χ1n) is 7.11. The van der Waals surface area contributed by atoms with Crippen LogP contribution in [0.5, 0.6) is 0 Å². The minimum absolute atomic E-state index is 0.147. The zero-order valence-corrected chi connectivity index (χ0v) is 14.2. The van der Waals surface area contributed by atoms with Crippen molar-refractivity contribution in [2.75, 3.05) is 11.9 Å². The van der Waals surface area contributed by atoms with Gasteiger partial charge in [0.25, 0.3) is 0 Å². The normalized spacial score (nSPS) is 10.3. The number of carbonyl (C=O) groups excluding carboxylic acids is 2. The number of amides is 1. The minimum atomic E-state index is -0.581. The van der Waals surface area contributed by atoms with Crippen molar-refractivity contribution in [3.63, 3.8) is 0 Å². The Morgan fingerprint density at radius 1 is 1.17 bits per heavy atom. The van der Waals surface area contributed by atoms with Crippen LogP contribution in [0.25, 0.3) is 0 Å². The molecule has 0 fully saturated rings. The molecule has 0 radical (unpaired) electrons. The van der Waals surface area contributed by atoms with E-state index in [1.165, 1.54) is 24.3 Å². The molecule has 2 aromatic rings. The highest BCUT2D eigenvalue weighted by Crippen LogP contribution is 2.22. The van der Waals surface area contributed by atoms with E-state index in [1.54, 1.807) is 13.0 Å². The van der Waals surface area contributed by atoms with Crippen LogP contribution in [0.1, 0.15) is 22.8 Å². The molecule has 0 aliphatic heterocycles. The van der Waals surface area contributed by atoms with Crippen molar-refractivity contribution >= 4 is 40.8 Å². The molecule has 0 saturated heterocycles. The van der Waals surface area contributed by atoms with Crippen molar-refractivity contribution in [2.45, 2.75) is 13.3 Å². The summed E-state index contributed by atoms with van der Waals surface area (Å²) in [4.78, 5) is 23.8. The van der Waals surface area contributed by atoms with Crippen molar-refractivity contribution in [1.82, 2.24) is 0 Å². The SMILES string of the molecule is CCOC(=O)c1cc(NC(=O)Cc2ccc(Cl)cc2F)ccc1Cl. The van der Waals surface area contributed by atoms with Crippen LogP contribution in [0, 0.1) is 5.82 Å². The summed E-state index contributed by atoms with van der Waals surface area (Å²) in [7, 11) is 0. The fourth-order valence-electron chi connectivity index (χ4n) is 2.01. The van der Waals surface area contributed by atoms with Crippen molar-refractivity contribution in [2.24, 2.45) is 0 Å². The van der Waals surface area contributed by atoms with Crippen LogP contribution in [-0.2, 0) is 16.0 Å². The van der Waals surface area contributed by atoms with E-state index >= 15 is 0 Å². The molecule has 126 valence electrons. The molecule has 0 saturated carbocycles. The number of hydrogen-bond donors (Lipinski definition) is 1. The Morgan fingerprint density at radius 2 is 1.92 bits per heavy atom. The second kappa shape index (κ2) is 8.13. The number of nitrogens with one attached hydrogen (secondary N) is 1. The summed E-state index contributed by atoms with van der Waals surface area (Å²) in [6, 6.07) is 8.53. The van der Waals surface area contributed by atoms with Crippen LogP contribution in [0.3, 0.4) is 0 Å². The molecule has 24 heavy (non-hydrogen) atoms. The Kier molecular flexibility index (Phi) is 6.17. The molecule has 2 aromatic carbocycles. The fourth-order valence-corrected chi connectivity index (χ4v) is 2.36. The van der Waals surface area contributed by atoms with Crippen molar-refractivity contribution in [3.05, 3.63) is 63.4 Å². The first-order valence-corrected chi connectivity index (χ1v) is 7.86. The van der Waals surface area contributed by atoms with E-state index in [9.17, 15) is 14.0 Å².